The molecule has 0 amide bonds. The van der Waals surface area contributed by atoms with Crippen LogP contribution >= 0.6 is 11.6 Å². The molecular weight excluding hydrogens is 248 g/mol. The Hall–Kier alpha value is -1.39. The van der Waals surface area contributed by atoms with Crippen LogP contribution in [0.5, 0.6) is 0 Å². The molecular formula is C13H17ClN4. The van der Waals surface area contributed by atoms with Gasteiger partial charge in [-0.3, -0.25) is 4.68 Å². The van der Waals surface area contributed by atoms with Gasteiger partial charge in [-0.2, -0.15) is 0 Å². The Morgan fingerprint density at radius 2 is 2.17 bits per heavy atom. The van der Waals surface area contributed by atoms with Crippen molar-refractivity contribution in [3.63, 3.8) is 0 Å². The lowest BCUT2D eigenvalue weighted by Crippen LogP contribution is -2.28. The molecule has 1 heterocycles. The first-order valence-electron chi connectivity index (χ1n) is 5.97. The van der Waals surface area contributed by atoms with Gasteiger partial charge in [-0.25, -0.2) is 0 Å². The summed E-state index contributed by atoms with van der Waals surface area (Å²) in [7, 11) is 1.89. The molecule has 2 rings (SSSR count). The van der Waals surface area contributed by atoms with E-state index >= 15 is 0 Å². The summed E-state index contributed by atoms with van der Waals surface area (Å²) in [6, 6.07) is 8.30. The minimum absolute atomic E-state index is 0.347. The molecule has 4 nitrogen and oxygen atoms in total. The Morgan fingerprint density at radius 3 is 2.83 bits per heavy atom. The van der Waals surface area contributed by atoms with Crippen molar-refractivity contribution in [3.05, 3.63) is 46.7 Å². The minimum atomic E-state index is 0.347. The van der Waals surface area contributed by atoms with E-state index < -0.39 is 0 Å². The van der Waals surface area contributed by atoms with Crippen molar-refractivity contribution in [2.45, 2.75) is 25.9 Å². The zero-order chi connectivity index (χ0) is 13.0. The van der Waals surface area contributed by atoms with Crippen LogP contribution < -0.4 is 5.32 Å². The minimum Gasteiger partial charge on any atom is -0.308 e. The number of nitrogens with zero attached hydrogens (tertiary/aromatic N) is 3. The van der Waals surface area contributed by atoms with Gasteiger partial charge >= 0.3 is 0 Å². The number of hydrogen-bond acceptors (Lipinski definition) is 3. The highest BCUT2D eigenvalue weighted by molar-refractivity contribution is 6.31. The fraction of sp³-hybridized carbons (Fsp3) is 0.385. The molecule has 0 aliphatic carbocycles. The Balaban J connectivity index is 1.88. The largest absolute Gasteiger partial charge is 0.308 e. The van der Waals surface area contributed by atoms with Crippen molar-refractivity contribution in [2.24, 2.45) is 7.05 Å². The first-order valence-corrected chi connectivity index (χ1v) is 6.35. The van der Waals surface area contributed by atoms with Gasteiger partial charge in [0.25, 0.3) is 0 Å². The highest BCUT2D eigenvalue weighted by atomic mass is 35.5. The predicted molar refractivity (Wildman–Crippen MR) is 72.5 cm³/mol. The molecule has 1 unspecified atom stereocenters. The second-order valence-electron chi connectivity index (χ2n) is 4.43. The summed E-state index contributed by atoms with van der Waals surface area (Å²) in [4.78, 5) is 0. The SMILES string of the molecule is CC(Cc1ccccc1Cl)NCc1cnnn1C. The summed E-state index contributed by atoms with van der Waals surface area (Å²) in [6.45, 7) is 2.91. The van der Waals surface area contributed by atoms with Gasteiger partial charge in [0.05, 0.1) is 11.9 Å². The van der Waals surface area contributed by atoms with Gasteiger partial charge in [-0.15, -0.1) is 5.10 Å². The first-order chi connectivity index (χ1) is 8.66. The maximum absolute atomic E-state index is 6.14. The standard InChI is InChI=1S/C13H17ClN4/c1-10(7-11-5-3-4-6-13(11)14)15-8-12-9-16-17-18(12)2/h3-6,9-10,15H,7-8H2,1-2H3. The monoisotopic (exact) mass is 264 g/mol. The van der Waals surface area contributed by atoms with Gasteiger partial charge in [0.1, 0.15) is 0 Å². The summed E-state index contributed by atoms with van der Waals surface area (Å²) in [5.74, 6) is 0. The van der Waals surface area contributed by atoms with Gasteiger partial charge in [-0.1, -0.05) is 35.0 Å². The smallest absolute Gasteiger partial charge is 0.0738 e. The van der Waals surface area contributed by atoms with Crippen molar-refractivity contribution in [1.82, 2.24) is 20.3 Å². The number of aromatic nitrogens is 3. The molecule has 1 aromatic heterocycles. The molecule has 0 saturated carbocycles. The summed E-state index contributed by atoms with van der Waals surface area (Å²) in [6.07, 6.45) is 2.68. The molecule has 0 radical (unpaired) electrons. The molecule has 1 atom stereocenters. The number of hydrogen-bond donors (Lipinski definition) is 1. The molecule has 2 aromatic rings. The molecule has 18 heavy (non-hydrogen) atoms. The maximum Gasteiger partial charge on any atom is 0.0738 e. The zero-order valence-corrected chi connectivity index (χ0v) is 11.4. The van der Waals surface area contributed by atoms with Gasteiger partial charge < -0.3 is 5.32 Å². The average molecular weight is 265 g/mol. The van der Waals surface area contributed by atoms with Crippen LogP contribution in [0.1, 0.15) is 18.2 Å². The number of benzene rings is 1. The van der Waals surface area contributed by atoms with Crippen LogP contribution in [0.25, 0.3) is 0 Å². The molecule has 96 valence electrons. The van der Waals surface area contributed by atoms with Crippen molar-refractivity contribution in [1.29, 1.82) is 0 Å². The molecule has 1 N–H and O–H groups in total. The highest BCUT2D eigenvalue weighted by Gasteiger charge is 2.07. The normalized spacial score (nSPS) is 12.6. The van der Waals surface area contributed by atoms with E-state index in [1.54, 1.807) is 10.9 Å². The Morgan fingerprint density at radius 1 is 1.39 bits per heavy atom. The molecule has 0 spiro atoms. The van der Waals surface area contributed by atoms with E-state index in [9.17, 15) is 0 Å². The Labute approximate surface area is 112 Å². The third-order valence-corrected chi connectivity index (χ3v) is 3.29. The van der Waals surface area contributed by atoms with E-state index in [2.05, 4.69) is 28.6 Å². The Bertz CT molecular complexity index is 509. The average Bonchev–Trinajstić information content (AvgIpc) is 2.75. The third kappa shape index (κ3) is 3.31. The lowest BCUT2D eigenvalue weighted by molar-refractivity contribution is 0.525. The molecule has 0 aliphatic heterocycles. The number of aryl methyl sites for hydroxylation is 1. The van der Waals surface area contributed by atoms with Crippen molar-refractivity contribution >= 4 is 11.6 Å². The van der Waals surface area contributed by atoms with Crippen LogP contribution in [-0.4, -0.2) is 21.0 Å². The van der Waals surface area contributed by atoms with E-state index in [4.69, 9.17) is 11.6 Å². The van der Waals surface area contributed by atoms with Gasteiger partial charge in [-0.05, 0) is 25.0 Å². The molecule has 0 aliphatic rings. The van der Waals surface area contributed by atoms with Crippen LogP contribution in [0.3, 0.4) is 0 Å². The van der Waals surface area contributed by atoms with Crippen molar-refractivity contribution in [3.8, 4) is 0 Å². The van der Waals surface area contributed by atoms with Crippen LogP contribution in [0.15, 0.2) is 30.5 Å². The lowest BCUT2D eigenvalue weighted by atomic mass is 10.1. The first kappa shape index (κ1) is 13.1. The molecule has 0 fully saturated rings. The highest BCUT2D eigenvalue weighted by Crippen LogP contribution is 2.16. The van der Waals surface area contributed by atoms with E-state index in [1.165, 1.54) is 5.56 Å². The fourth-order valence-electron chi connectivity index (χ4n) is 1.82. The third-order valence-electron chi connectivity index (χ3n) is 2.92. The second kappa shape index (κ2) is 5.98. The summed E-state index contributed by atoms with van der Waals surface area (Å²) < 4.78 is 1.77. The van der Waals surface area contributed by atoms with E-state index in [0.717, 1.165) is 23.7 Å². The van der Waals surface area contributed by atoms with E-state index in [0.29, 0.717) is 6.04 Å². The van der Waals surface area contributed by atoms with Crippen LogP contribution in [0, 0.1) is 0 Å². The van der Waals surface area contributed by atoms with E-state index in [-0.39, 0.29) is 0 Å². The summed E-state index contributed by atoms with van der Waals surface area (Å²) in [5.41, 5.74) is 2.24. The summed E-state index contributed by atoms with van der Waals surface area (Å²) >= 11 is 6.14. The van der Waals surface area contributed by atoms with Gasteiger partial charge in [0.2, 0.25) is 0 Å². The topological polar surface area (TPSA) is 42.7 Å². The van der Waals surface area contributed by atoms with Crippen LogP contribution in [-0.2, 0) is 20.0 Å². The molecule has 1 aromatic carbocycles. The zero-order valence-electron chi connectivity index (χ0n) is 10.6. The Kier molecular flexibility index (Phi) is 4.33. The lowest BCUT2D eigenvalue weighted by Gasteiger charge is -2.14. The fourth-order valence-corrected chi connectivity index (χ4v) is 2.03. The predicted octanol–water partition coefficient (Wildman–Crippen LogP) is 2.19. The molecule has 0 bridgehead atoms. The van der Waals surface area contributed by atoms with Crippen LogP contribution in [0.4, 0.5) is 0 Å². The summed E-state index contributed by atoms with van der Waals surface area (Å²) in [5, 5.41) is 12.0. The molecule has 5 heteroatoms. The van der Waals surface area contributed by atoms with Crippen molar-refractivity contribution < 1.29 is 0 Å². The van der Waals surface area contributed by atoms with Crippen molar-refractivity contribution in [2.75, 3.05) is 0 Å². The second-order valence-corrected chi connectivity index (χ2v) is 4.83. The quantitative estimate of drug-likeness (QED) is 0.900. The number of rotatable bonds is 5. The van der Waals surface area contributed by atoms with Gasteiger partial charge in [0.15, 0.2) is 0 Å². The number of nitrogens with one attached hydrogen (secondary N) is 1. The number of halogens is 1. The van der Waals surface area contributed by atoms with Gasteiger partial charge in [0, 0.05) is 24.7 Å². The van der Waals surface area contributed by atoms with Crippen LogP contribution in [0.2, 0.25) is 5.02 Å². The molecule has 0 saturated heterocycles. The maximum atomic E-state index is 6.14. The van der Waals surface area contributed by atoms with E-state index in [1.807, 2.05) is 25.2 Å².